The molecule has 0 amide bonds. The van der Waals surface area contributed by atoms with E-state index in [1.807, 2.05) is 97.1 Å². The molecule has 8 aromatic carbocycles. The third kappa shape index (κ3) is 4.62. The summed E-state index contributed by atoms with van der Waals surface area (Å²) in [7, 11) is 0. The molecule has 0 atom stereocenters. The van der Waals surface area contributed by atoms with E-state index in [1.165, 1.54) is 0 Å². The lowest BCUT2D eigenvalue weighted by Crippen LogP contribution is -1.99. The summed E-state index contributed by atoms with van der Waals surface area (Å²) in [5.41, 5.74) is 9.99. The smallest absolute Gasteiger partial charge is 0.150 e. The summed E-state index contributed by atoms with van der Waals surface area (Å²) in [5, 5.41) is 6.51. The molecule has 8 rings (SSSR count). The molecule has 0 saturated heterocycles. The number of carbonyl (C=O) groups is 4. The van der Waals surface area contributed by atoms with Gasteiger partial charge in [0.05, 0.1) is 0 Å². The lowest BCUT2D eigenvalue weighted by Gasteiger charge is -2.25. The van der Waals surface area contributed by atoms with Crippen LogP contribution >= 0.6 is 0 Å². The van der Waals surface area contributed by atoms with Crippen LogP contribution in [0.25, 0.3) is 76.8 Å². The zero-order valence-electron chi connectivity index (χ0n) is 25.6. The normalized spacial score (nSPS) is 11.2. The summed E-state index contributed by atoms with van der Waals surface area (Å²) in [5.74, 6) is 0. The Kier molecular flexibility index (Phi) is 7.04. The average Bonchev–Trinajstić information content (AvgIpc) is 3.16. The van der Waals surface area contributed by atoms with Gasteiger partial charge in [0.25, 0.3) is 0 Å². The van der Waals surface area contributed by atoms with Crippen molar-refractivity contribution in [3.05, 3.63) is 156 Å². The monoisotopic (exact) mass is 618 g/mol. The second-order valence-corrected chi connectivity index (χ2v) is 12.0. The molecule has 0 N–H and O–H groups in total. The Morgan fingerprint density at radius 1 is 0.333 bits per heavy atom. The van der Waals surface area contributed by atoms with Crippen LogP contribution in [0.4, 0.5) is 0 Å². The zero-order valence-corrected chi connectivity index (χ0v) is 25.6. The molecule has 0 bridgehead atoms. The first-order valence-electron chi connectivity index (χ1n) is 15.6. The predicted molar refractivity (Wildman–Crippen MR) is 193 cm³/mol. The fourth-order valence-electron chi connectivity index (χ4n) is 7.03. The molecule has 8 aromatic rings. The van der Waals surface area contributed by atoms with E-state index < -0.39 is 0 Å². The van der Waals surface area contributed by atoms with Crippen molar-refractivity contribution in [3.8, 4) is 44.5 Å². The molecule has 4 nitrogen and oxygen atoms in total. The van der Waals surface area contributed by atoms with Crippen molar-refractivity contribution in [2.24, 2.45) is 0 Å². The van der Waals surface area contributed by atoms with E-state index in [4.69, 9.17) is 0 Å². The van der Waals surface area contributed by atoms with Crippen LogP contribution in [0.3, 0.4) is 0 Å². The van der Waals surface area contributed by atoms with Crippen LogP contribution in [-0.2, 0) is 0 Å². The molecule has 226 valence electrons. The lowest BCUT2D eigenvalue weighted by molar-refractivity contribution is 0.111. The molecule has 4 heteroatoms. The topological polar surface area (TPSA) is 68.3 Å². The maximum Gasteiger partial charge on any atom is 0.150 e. The fraction of sp³-hybridized carbons (Fsp3) is 0. The van der Waals surface area contributed by atoms with Gasteiger partial charge in [-0.25, -0.2) is 0 Å². The van der Waals surface area contributed by atoms with Crippen LogP contribution < -0.4 is 0 Å². The number of benzene rings is 8. The minimum Gasteiger partial charge on any atom is -0.298 e. The van der Waals surface area contributed by atoms with E-state index in [1.54, 1.807) is 0 Å². The molecule has 48 heavy (non-hydrogen) atoms. The molecule has 0 spiro atoms. The van der Waals surface area contributed by atoms with Crippen molar-refractivity contribution in [1.82, 2.24) is 0 Å². The van der Waals surface area contributed by atoms with Gasteiger partial charge in [-0.15, -0.1) is 0 Å². The van der Waals surface area contributed by atoms with E-state index >= 15 is 0 Å². The Labute approximate surface area is 276 Å². The molecule has 0 aliphatic carbocycles. The second-order valence-electron chi connectivity index (χ2n) is 12.0. The number of hydrogen-bond donors (Lipinski definition) is 0. The third-order valence-electron chi connectivity index (χ3n) is 9.28. The highest BCUT2D eigenvalue weighted by molar-refractivity contribution is 6.34. The molecular weight excluding hydrogens is 592 g/mol. The van der Waals surface area contributed by atoms with Gasteiger partial charge in [-0.2, -0.15) is 0 Å². The van der Waals surface area contributed by atoms with Gasteiger partial charge >= 0.3 is 0 Å². The summed E-state index contributed by atoms with van der Waals surface area (Å²) in [6.07, 6.45) is 3.37. The summed E-state index contributed by atoms with van der Waals surface area (Å²) in [6, 6.07) is 43.4. The Balaban J connectivity index is 1.66. The van der Waals surface area contributed by atoms with E-state index in [2.05, 4.69) is 36.4 Å². The van der Waals surface area contributed by atoms with Gasteiger partial charge in [0, 0.05) is 22.3 Å². The summed E-state index contributed by atoms with van der Waals surface area (Å²) in [4.78, 5) is 46.8. The molecule has 0 aliphatic heterocycles. The van der Waals surface area contributed by atoms with Gasteiger partial charge < -0.3 is 0 Å². The Morgan fingerprint density at radius 2 is 0.771 bits per heavy atom. The summed E-state index contributed by atoms with van der Waals surface area (Å²) in [6.45, 7) is 0. The first kappa shape index (κ1) is 28.9. The minimum absolute atomic E-state index is 0.570. The minimum atomic E-state index is 0.570. The molecule has 0 radical (unpaired) electrons. The van der Waals surface area contributed by atoms with Gasteiger partial charge in [0.2, 0.25) is 0 Å². The Morgan fingerprint density at radius 3 is 1.27 bits per heavy atom. The van der Waals surface area contributed by atoms with Crippen LogP contribution in [0.1, 0.15) is 41.4 Å². The molecule has 0 unspecified atom stereocenters. The SMILES string of the molecule is O=Cc1ccc(-c2c(-c3ccc(C=O)cc3)c3ccc4cccc5cc(-c6ccc(C=O)cc6)c(c2-c2ccc(C=O)cc2)c3c45)cc1. The highest BCUT2D eigenvalue weighted by Crippen LogP contribution is 2.53. The third-order valence-corrected chi connectivity index (χ3v) is 9.28. The predicted octanol–water partition coefficient (Wildman–Crippen LogP) is 10.5. The van der Waals surface area contributed by atoms with E-state index in [-0.39, 0.29) is 0 Å². The molecular formula is C44H26O4. The largest absolute Gasteiger partial charge is 0.298 e. The number of hydrogen-bond acceptors (Lipinski definition) is 4. The van der Waals surface area contributed by atoms with E-state index in [9.17, 15) is 19.2 Å². The van der Waals surface area contributed by atoms with Crippen LogP contribution in [-0.4, -0.2) is 25.1 Å². The first-order chi connectivity index (χ1) is 23.6. The standard InChI is InChI=1S/C44H26O4/c45-23-27-4-12-31(13-5-27)38-22-36-3-1-2-32-20-21-37-40(33-14-6-28(24-46)7-15-33)41(34-16-8-29(25-47)9-17-34)42(44(38)43(37)39(32)36)35-18-10-30(26-48)11-19-35/h1-26H. The Hall–Kier alpha value is -6.52. The summed E-state index contributed by atoms with van der Waals surface area (Å²) < 4.78 is 0. The average molecular weight is 619 g/mol. The summed E-state index contributed by atoms with van der Waals surface area (Å²) >= 11 is 0. The highest BCUT2D eigenvalue weighted by Gasteiger charge is 2.26. The molecule has 0 heterocycles. The fourth-order valence-corrected chi connectivity index (χ4v) is 7.03. The van der Waals surface area contributed by atoms with Gasteiger partial charge in [0.15, 0.2) is 0 Å². The van der Waals surface area contributed by atoms with Crippen molar-refractivity contribution in [2.45, 2.75) is 0 Å². The number of aldehydes is 4. The number of carbonyl (C=O) groups excluding carboxylic acids is 4. The van der Waals surface area contributed by atoms with Crippen LogP contribution in [0.2, 0.25) is 0 Å². The van der Waals surface area contributed by atoms with Gasteiger partial charge in [0.1, 0.15) is 25.1 Å². The number of rotatable bonds is 8. The maximum atomic E-state index is 11.7. The lowest BCUT2D eigenvalue weighted by atomic mass is 9.77. The van der Waals surface area contributed by atoms with Crippen molar-refractivity contribution in [2.75, 3.05) is 0 Å². The zero-order chi connectivity index (χ0) is 32.8. The van der Waals surface area contributed by atoms with Crippen molar-refractivity contribution >= 4 is 57.5 Å². The molecule has 0 aromatic heterocycles. The van der Waals surface area contributed by atoms with Crippen molar-refractivity contribution in [1.29, 1.82) is 0 Å². The van der Waals surface area contributed by atoms with Gasteiger partial charge in [-0.3, -0.25) is 19.2 Å². The maximum absolute atomic E-state index is 11.7. The second kappa shape index (κ2) is 11.7. The van der Waals surface area contributed by atoms with E-state index in [0.29, 0.717) is 22.3 Å². The van der Waals surface area contributed by atoms with Crippen LogP contribution in [0, 0.1) is 0 Å². The Bertz CT molecular complexity index is 2520. The highest BCUT2D eigenvalue weighted by atomic mass is 16.1. The van der Waals surface area contributed by atoms with E-state index in [0.717, 1.165) is 102 Å². The van der Waals surface area contributed by atoms with Crippen LogP contribution in [0.5, 0.6) is 0 Å². The van der Waals surface area contributed by atoms with Crippen LogP contribution in [0.15, 0.2) is 133 Å². The van der Waals surface area contributed by atoms with Crippen molar-refractivity contribution in [3.63, 3.8) is 0 Å². The van der Waals surface area contributed by atoms with Crippen molar-refractivity contribution < 1.29 is 19.2 Å². The molecule has 0 aliphatic rings. The quantitative estimate of drug-likeness (QED) is 0.126. The van der Waals surface area contributed by atoms with Gasteiger partial charge in [-0.05, 0) is 82.9 Å². The molecule has 0 fully saturated rings. The molecule has 0 saturated carbocycles. The first-order valence-corrected chi connectivity index (χ1v) is 15.6. The van der Waals surface area contributed by atoms with Gasteiger partial charge in [-0.1, -0.05) is 127 Å².